The zero-order valence-electron chi connectivity index (χ0n) is 9.06. The summed E-state index contributed by atoms with van der Waals surface area (Å²) < 4.78 is 66.4. The molecule has 8 heteroatoms. The Bertz CT molecular complexity index is 292. The number of hydrogen-bond donors (Lipinski definition) is 0. The number of likely N-dealkylation sites (tertiary alicyclic amines) is 1. The summed E-state index contributed by atoms with van der Waals surface area (Å²) in [6.45, 7) is -0.342. The molecule has 1 aliphatic heterocycles. The smallest absolute Gasteiger partial charge is 0.380 e. The minimum atomic E-state index is -5.86. The number of rotatable bonds is 2. The molecule has 0 saturated carbocycles. The lowest BCUT2D eigenvalue weighted by molar-refractivity contribution is -0.275. The van der Waals surface area contributed by atoms with E-state index in [9.17, 15) is 26.7 Å². The molecule has 100 valence electrons. The molecule has 0 radical (unpaired) electrons. The SMILES string of the molecule is COC1CCCN(C(=O)C(F)(F)C(F)(F)F)C1. The van der Waals surface area contributed by atoms with Crippen LogP contribution in [0.4, 0.5) is 22.0 Å². The molecule has 1 amide bonds. The van der Waals surface area contributed by atoms with Gasteiger partial charge in [0.05, 0.1) is 6.10 Å². The van der Waals surface area contributed by atoms with Crippen LogP contribution in [-0.2, 0) is 9.53 Å². The van der Waals surface area contributed by atoms with Crippen molar-refractivity contribution >= 4 is 5.91 Å². The van der Waals surface area contributed by atoms with Crippen LogP contribution in [0.2, 0.25) is 0 Å². The van der Waals surface area contributed by atoms with Gasteiger partial charge in [0.25, 0.3) is 0 Å². The van der Waals surface area contributed by atoms with E-state index in [1.54, 1.807) is 0 Å². The summed E-state index contributed by atoms with van der Waals surface area (Å²) >= 11 is 0. The average molecular weight is 261 g/mol. The Morgan fingerprint density at radius 2 is 1.88 bits per heavy atom. The Balaban J connectivity index is 2.76. The summed E-state index contributed by atoms with van der Waals surface area (Å²) in [6.07, 6.45) is -5.46. The van der Waals surface area contributed by atoms with Crippen molar-refractivity contribution in [3.05, 3.63) is 0 Å². The second-order valence-corrected chi connectivity index (χ2v) is 3.82. The highest BCUT2D eigenvalue weighted by atomic mass is 19.4. The van der Waals surface area contributed by atoms with Crippen LogP contribution in [0.25, 0.3) is 0 Å². The largest absolute Gasteiger partial charge is 0.463 e. The van der Waals surface area contributed by atoms with E-state index in [0.29, 0.717) is 17.7 Å². The van der Waals surface area contributed by atoms with E-state index in [1.165, 1.54) is 7.11 Å². The number of hydrogen-bond acceptors (Lipinski definition) is 2. The highest BCUT2D eigenvalue weighted by molar-refractivity contribution is 5.84. The lowest BCUT2D eigenvalue weighted by atomic mass is 10.1. The highest BCUT2D eigenvalue weighted by Crippen LogP contribution is 2.37. The molecule has 0 N–H and O–H groups in total. The van der Waals surface area contributed by atoms with Crippen LogP contribution in [0.15, 0.2) is 0 Å². The molecule has 17 heavy (non-hydrogen) atoms. The second-order valence-electron chi connectivity index (χ2n) is 3.82. The predicted octanol–water partition coefficient (Wildman–Crippen LogP) is 1.82. The van der Waals surface area contributed by atoms with Gasteiger partial charge >= 0.3 is 18.0 Å². The van der Waals surface area contributed by atoms with Gasteiger partial charge in [0.15, 0.2) is 0 Å². The summed E-state index contributed by atoms with van der Waals surface area (Å²) in [6, 6.07) is 0. The van der Waals surface area contributed by atoms with Crippen molar-refractivity contribution in [2.75, 3.05) is 20.2 Å². The number of amides is 1. The maximum Gasteiger partial charge on any atom is 0.463 e. The Morgan fingerprint density at radius 3 is 2.35 bits per heavy atom. The van der Waals surface area contributed by atoms with Crippen molar-refractivity contribution in [1.82, 2.24) is 4.90 Å². The standard InChI is InChI=1S/C9H12F5NO2/c1-17-6-3-2-4-15(5-6)7(16)8(10,11)9(12,13)14/h6H,2-5H2,1H3. The van der Waals surface area contributed by atoms with Crippen LogP contribution in [0.1, 0.15) is 12.8 Å². The predicted molar refractivity (Wildman–Crippen MR) is 47.6 cm³/mol. The molecular formula is C9H12F5NO2. The van der Waals surface area contributed by atoms with Crippen molar-refractivity contribution < 1.29 is 31.5 Å². The third kappa shape index (κ3) is 2.85. The minimum Gasteiger partial charge on any atom is -0.380 e. The minimum absolute atomic E-state index is 0.107. The molecule has 1 heterocycles. The molecule has 0 aromatic carbocycles. The van der Waals surface area contributed by atoms with E-state index >= 15 is 0 Å². The van der Waals surface area contributed by atoms with Gasteiger partial charge in [0.2, 0.25) is 0 Å². The van der Waals surface area contributed by atoms with Crippen molar-refractivity contribution in [3.8, 4) is 0 Å². The molecule has 1 rings (SSSR count). The molecule has 0 aromatic heterocycles. The van der Waals surface area contributed by atoms with Gasteiger partial charge in [-0.15, -0.1) is 0 Å². The fourth-order valence-corrected chi connectivity index (χ4v) is 1.63. The second kappa shape index (κ2) is 4.75. The van der Waals surface area contributed by atoms with Crippen molar-refractivity contribution in [2.45, 2.75) is 31.0 Å². The fourth-order valence-electron chi connectivity index (χ4n) is 1.63. The van der Waals surface area contributed by atoms with Crippen molar-refractivity contribution in [3.63, 3.8) is 0 Å². The maximum absolute atomic E-state index is 12.8. The molecule has 0 spiro atoms. The van der Waals surface area contributed by atoms with Gasteiger partial charge in [0.1, 0.15) is 0 Å². The van der Waals surface area contributed by atoms with E-state index < -0.39 is 24.1 Å². The van der Waals surface area contributed by atoms with Gasteiger partial charge in [-0.2, -0.15) is 22.0 Å². The Kier molecular flexibility index (Phi) is 3.95. The lowest BCUT2D eigenvalue weighted by Gasteiger charge is -2.34. The van der Waals surface area contributed by atoms with E-state index in [2.05, 4.69) is 0 Å². The van der Waals surface area contributed by atoms with Crippen LogP contribution < -0.4 is 0 Å². The van der Waals surface area contributed by atoms with Crippen LogP contribution in [-0.4, -0.2) is 49.2 Å². The number of piperidine rings is 1. The van der Waals surface area contributed by atoms with Gasteiger partial charge < -0.3 is 9.64 Å². The summed E-state index contributed by atoms with van der Waals surface area (Å²) in [5.41, 5.74) is 0. The summed E-state index contributed by atoms with van der Waals surface area (Å²) in [7, 11) is 1.32. The molecule has 0 aliphatic carbocycles. The van der Waals surface area contributed by atoms with Crippen LogP contribution in [0.3, 0.4) is 0 Å². The number of ether oxygens (including phenoxy) is 1. The topological polar surface area (TPSA) is 29.5 Å². The number of nitrogens with zero attached hydrogens (tertiary/aromatic N) is 1. The van der Waals surface area contributed by atoms with Crippen molar-refractivity contribution in [2.24, 2.45) is 0 Å². The molecule has 0 aromatic rings. The molecule has 1 fully saturated rings. The maximum atomic E-state index is 12.8. The van der Waals surface area contributed by atoms with Gasteiger partial charge in [-0.1, -0.05) is 0 Å². The molecule has 1 unspecified atom stereocenters. The van der Waals surface area contributed by atoms with E-state index in [1.807, 2.05) is 0 Å². The van der Waals surface area contributed by atoms with Gasteiger partial charge in [-0.3, -0.25) is 4.79 Å². The van der Waals surface area contributed by atoms with Crippen LogP contribution in [0, 0.1) is 0 Å². The number of carbonyl (C=O) groups is 1. The monoisotopic (exact) mass is 261 g/mol. The Hall–Kier alpha value is -0.920. The summed E-state index contributed by atoms with van der Waals surface area (Å²) in [5.74, 6) is -7.53. The third-order valence-corrected chi connectivity index (χ3v) is 2.62. The first kappa shape index (κ1) is 14.1. The molecule has 0 bridgehead atoms. The van der Waals surface area contributed by atoms with E-state index in [0.717, 1.165) is 0 Å². The van der Waals surface area contributed by atoms with Gasteiger partial charge in [-0.25, -0.2) is 0 Å². The van der Waals surface area contributed by atoms with Crippen molar-refractivity contribution in [1.29, 1.82) is 0 Å². The summed E-state index contributed by atoms with van der Waals surface area (Å²) in [5, 5.41) is 0. The number of alkyl halides is 5. The van der Waals surface area contributed by atoms with Gasteiger partial charge in [0, 0.05) is 20.2 Å². The Labute approximate surface area is 94.5 Å². The zero-order chi connectivity index (χ0) is 13.3. The summed E-state index contributed by atoms with van der Waals surface area (Å²) in [4.78, 5) is 11.6. The van der Waals surface area contributed by atoms with Gasteiger partial charge in [-0.05, 0) is 12.8 Å². The fraction of sp³-hybridized carbons (Fsp3) is 0.889. The number of carbonyl (C=O) groups excluding carboxylic acids is 1. The normalized spacial score (nSPS) is 22.7. The first-order chi connectivity index (χ1) is 7.70. The average Bonchev–Trinajstić information content (AvgIpc) is 2.26. The molecule has 3 nitrogen and oxygen atoms in total. The molecule has 1 saturated heterocycles. The zero-order valence-corrected chi connectivity index (χ0v) is 9.06. The first-order valence-corrected chi connectivity index (χ1v) is 4.97. The highest BCUT2D eigenvalue weighted by Gasteiger charge is 2.64. The molecule has 1 aliphatic rings. The quantitative estimate of drug-likeness (QED) is 0.710. The van der Waals surface area contributed by atoms with Crippen LogP contribution in [0.5, 0.6) is 0 Å². The third-order valence-electron chi connectivity index (χ3n) is 2.62. The lowest BCUT2D eigenvalue weighted by Crippen LogP contribution is -2.55. The van der Waals surface area contributed by atoms with E-state index in [4.69, 9.17) is 4.74 Å². The first-order valence-electron chi connectivity index (χ1n) is 4.97. The van der Waals surface area contributed by atoms with E-state index in [-0.39, 0.29) is 13.1 Å². The molecule has 1 atom stereocenters. The van der Waals surface area contributed by atoms with Crippen LogP contribution >= 0.6 is 0 Å². The molecular weight excluding hydrogens is 249 g/mol. The number of methoxy groups -OCH3 is 1. The Morgan fingerprint density at radius 1 is 1.29 bits per heavy atom. The number of halogens is 5.